The first-order valence-corrected chi connectivity index (χ1v) is 8.77. The summed E-state index contributed by atoms with van der Waals surface area (Å²) in [7, 11) is 0. The SMILES string of the molecule is C=CCNC(=O)C(C)OC(=O)c1c(NC(C)=O)sc2c1CCCC2. The lowest BCUT2D eigenvalue weighted by Gasteiger charge is -2.15. The van der Waals surface area contributed by atoms with Crippen molar-refractivity contribution in [2.45, 2.75) is 45.6 Å². The van der Waals surface area contributed by atoms with Crippen LogP contribution in [0.15, 0.2) is 12.7 Å². The number of hydrogen-bond donors (Lipinski definition) is 2. The Morgan fingerprint density at radius 3 is 2.71 bits per heavy atom. The first kappa shape index (κ1) is 18.2. The number of anilines is 1. The lowest BCUT2D eigenvalue weighted by molar-refractivity contribution is -0.128. The fourth-order valence-corrected chi connectivity index (χ4v) is 3.94. The van der Waals surface area contributed by atoms with E-state index in [1.54, 1.807) is 6.08 Å². The highest BCUT2D eigenvalue weighted by Gasteiger charge is 2.29. The standard InChI is InChI=1S/C17H22N2O4S/c1-4-9-18-15(21)10(2)23-17(22)14-12-7-5-6-8-13(12)24-16(14)19-11(3)20/h4,10H,1,5-9H2,2-3H3,(H,18,21)(H,19,20). The zero-order valence-electron chi connectivity index (χ0n) is 13.9. The predicted molar refractivity (Wildman–Crippen MR) is 93.3 cm³/mol. The number of fused-ring (bicyclic) bond motifs is 1. The molecular formula is C17H22N2O4S. The van der Waals surface area contributed by atoms with Crippen LogP contribution >= 0.6 is 11.3 Å². The number of hydrogen-bond acceptors (Lipinski definition) is 5. The number of carbonyl (C=O) groups is 3. The first-order valence-electron chi connectivity index (χ1n) is 7.95. The maximum atomic E-state index is 12.6. The monoisotopic (exact) mass is 350 g/mol. The van der Waals surface area contributed by atoms with Crippen molar-refractivity contribution in [2.75, 3.05) is 11.9 Å². The average molecular weight is 350 g/mol. The van der Waals surface area contributed by atoms with E-state index in [9.17, 15) is 14.4 Å². The van der Waals surface area contributed by atoms with E-state index in [1.165, 1.54) is 25.2 Å². The molecule has 6 nitrogen and oxygen atoms in total. The van der Waals surface area contributed by atoms with E-state index in [1.807, 2.05) is 0 Å². The number of aryl methyl sites for hydroxylation is 1. The van der Waals surface area contributed by atoms with Gasteiger partial charge in [0.15, 0.2) is 6.10 Å². The molecule has 0 aromatic carbocycles. The fraction of sp³-hybridized carbons (Fsp3) is 0.471. The number of nitrogens with one attached hydrogen (secondary N) is 2. The summed E-state index contributed by atoms with van der Waals surface area (Å²) in [6.45, 7) is 6.75. The molecule has 2 rings (SSSR count). The molecule has 7 heteroatoms. The van der Waals surface area contributed by atoms with Gasteiger partial charge in [0.2, 0.25) is 5.91 Å². The lowest BCUT2D eigenvalue weighted by Crippen LogP contribution is -2.36. The Kier molecular flexibility index (Phi) is 6.14. The van der Waals surface area contributed by atoms with Gasteiger partial charge in [0.1, 0.15) is 5.00 Å². The van der Waals surface area contributed by atoms with Crippen molar-refractivity contribution in [3.8, 4) is 0 Å². The maximum Gasteiger partial charge on any atom is 0.342 e. The molecular weight excluding hydrogens is 328 g/mol. The van der Waals surface area contributed by atoms with Gasteiger partial charge in [0.25, 0.3) is 5.91 Å². The number of rotatable bonds is 6. The predicted octanol–water partition coefficient (Wildman–Crippen LogP) is 2.43. The molecule has 1 heterocycles. The summed E-state index contributed by atoms with van der Waals surface area (Å²) in [6, 6.07) is 0. The molecule has 0 saturated carbocycles. The van der Waals surface area contributed by atoms with E-state index in [0.717, 1.165) is 36.1 Å². The molecule has 0 aliphatic heterocycles. The van der Waals surface area contributed by atoms with Crippen molar-refractivity contribution < 1.29 is 19.1 Å². The highest BCUT2D eigenvalue weighted by atomic mass is 32.1. The number of carbonyl (C=O) groups excluding carboxylic acids is 3. The number of amides is 2. The number of thiophene rings is 1. The molecule has 1 unspecified atom stereocenters. The third-order valence-corrected chi connectivity index (χ3v) is 4.95. The van der Waals surface area contributed by atoms with Gasteiger partial charge in [-0.3, -0.25) is 9.59 Å². The topological polar surface area (TPSA) is 84.5 Å². The molecule has 1 aliphatic rings. The molecule has 24 heavy (non-hydrogen) atoms. The Labute approximate surface area is 145 Å². The largest absolute Gasteiger partial charge is 0.449 e. The van der Waals surface area contributed by atoms with Crippen LogP contribution in [0.4, 0.5) is 5.00 Å². The van der Waals surface area contributed by atoms with Crippen LogP contribution < -0.4 is 10.6 Å². The van der Waals surface area contributed by atoms with E-state index >= 15 is 0 Å². The second kappa shape index (κ2) is 8.10. The van der Waals surface area contributed by atoms with E-state index in [4.69, 9.17) is 4.74 Å². The van der Waals surface area contributed by atoms with Gasteiger partial charge in [0.05, 0.1) is 5.56 Å². The molecule has 2 N–H and O–H groups in total. The van der Waals surface area contributed by atoms with Crippen molar-refractivity contribution in [3.63, 3.8) is 0 Å². The molecule has 130 valence electrons. The molecule has 0 fully saturated rings. The van der Waals surface area contributed by atoms with E-state index in [0.29, 0.717) is 17.1 Å². The summed E-state index contributed by atoms with van der Waals surface area (Å²) in [5.41, 5.74) is 1.34. The molecule has 1 aliphatic carbocycles. The van der Waals surface area contributed by atoms with Crippen LogP contribution in [0.5, 0.6) is 0 Å². The van der Waals surface area contributed by atoms with Gasteiger partial charge in [-0.15, -0.1) is 17.9 Å². The van der Waals surface area contributed by atoms with Gasteiger partial charge < -0.3 is 15.4 Å². The van der Waals surface area contributed by atoms with Gasteiger partial charge in [-0.1, -0.05) is 6.08 Å². The van der Waals surface area contributed by atoms with E-state index in [-0.39, 0.29) is 11.8 Å². The molecule has 0 saturated heterocycles. The highest BCUT2D eigenvalue weighted by molar-refractivity contribution is 7.17. The minimum Gasteiger partial charge on any atom is -0.449 e. The average Bonchev–Trinajstić information content (AvgIpc) is 2.89. The third-order valence-electron chi connectivity index (χ3n) is 3.74. The summed E-state index contributed by atoms with van der Waals surface area (Å²) >= 11 is 1.42. The third kappa shape index (κ3) is 4.23. The van der Waals surface area contributed by atoms with Crippen LogP contribution in [0.25, 0.3) is 0 Å². The molecule has 1 aromatic heterocycles. The Hall–Kier alpha value is -2.15. The second-order valence-corrected chi connectivity index (χ2v) is 6.78. The normalized spacial score (nSPS) is 14.2. The van der Waals surface area contributed by atoms with Crippen molar-refractivity contribution >= 4 is 34.1 Å². The van der Waals surface area contributed by atoms with Gasteiger partial charge in [0, 0.05) is 18.3 Å². The second-order valence-electron chi connectivity index (χ2n) is 5.68. The Bertz CT molecular complexity index is 666. The zero-order chi connectivity index (χ0) is 17.7. The van der Waals surface area contributed by atoms with Crippen LogP contribution in [-0.4, -0.2) is 30.4 Å². The highest BCUT2D eigenvalue weighted by Crippen LogP contribution is 2.38. The Morgan fingerprint density at radius 1 is 1.33 bits per heavy atom. The molecule has 1 aromatic rings. The quantitative estimate of drug-likeness (QED) is 0.610. The molecule has 2 amide bonds. The van der Waals surface area contributed by atoms with Crippen LogP contribution in [0.1, 0.15) is 47.5 Å². The Morgan fingerprint density at radius 2 is 2.04 bits per heavy atom. The van der Waals surface area contributed by atoms with Crippen LogP contribution in [0, 0.1) is 0 Å². The minimum atomic E-state index is -0.915. The zero-order valence-corrected chi connectivity index (χ0v) is 14.8. The first-order chi connectivity index (χ1) is 11.4. The number of ether oxygens (including phenoxy) is 1. The summed E-state index contributed by atoms with van der Waals surface area (Å²) in [4.78, 5) is 37.0. The fourth-order valence-electron chi connectivity index (χ4n) is 2.62. The van der Waals surface area contributed by atoms with E-state index in [2.05, 4.69) is 17.2 Å². The summed E-state index contributed by atoms with van der Waals surface area (Å²) in [5.74, 6) is -1.19. The van der Waals surface area contributed by atoms with Gasteiger partial charge in [-0.25, -0.2) is 4.79 Å². The Balaban J connectivity index is 2.21. The smallest absolute Gasteiger partial charge is 0.342 e. The summed E-state index contributed by atoms with van der Waals surface area (Å²) in [6.07, 6.45) is 4.39. The van der Waals surface area contributed by atoms with Crippen molar-refractivity contribution in [1.29, 1.82) is 0 Å². The lowest BCUT2D eigenvalue weighted by atomic mass is 9.95. The summed E-state index contributed by atoms with van der Waals surface area (Å²) in [5, 5.41) is 5.82. The number of esters is 1. The van der Waals surface area contributed by atoms with Crippen LogP contribution in [0.3, 0.4) is 0 Å². The van der Waals surface area contributed by atoms with Crippen molar-refractivity contribution in [3.05, 3.63) is 28.7 Å². The molecule has 0 radical (unpaired) electrons. The van der Waals surface area contributed by atoms with Crippen LogP contribution in [-0.2, 0) is 27.2 Å². The van der Waals surface area contributed by atoms with Gasteiger partial charge >= 0.3 is 5.97 Å². The van der Waals surface area contributed by atoms with Crippen LogP contribution in [0.2, 0.25) is 0 Å². The molecule has 0 spiro atoms. The molecule has 1 atom stereocenters. The van der Waals surface area contributed by atoms with E-state index < -0.39 is 12.1 Å². The van der Waals surface area contributed by atoms with Gasteiger partial charge in [-0.2, -0.15) is 0 Å². The van der Waals surface area contributed by atoms with Crippen molar-refractivity contribution in [1.82, 2.24) is 5.32 Å². The molecule has 0 bridgehead atoms. The minimum absolute atomic E-state index is 0.237. The summed E-state index contributed by atoms with van der Waals surface area (Å²) < 4.78 is 5.31. The maximum absolute atomic E-state index is 12.6. The van der Waals surface area contributed by atoms with Crippen molar-refractivity contribution in [2.24, 2.45) is 0 Å². The van der Waals surface area contributed by atoms with Gasteiger partial charge in [-0.05, 0) is 38.2 Å².